The first kappa shape index (κ1) is 14.6. The lowest BCUT2D eigenvalue weighted by Gasteiger charge is -2.17. The highest BCUT2D eigenvalue weighted by molar-refractivity contribution is 7.99. The van der Waals surface area contributed by atoms with Crippen LogP contribution in [0.2, 0.25) is 0 Å². The summed E-state index contributed by atoms with van der Waals surface area (Å²) in [4.78, 5) is 27.3. The van der Waals surface area contributed by atoms with Crippen molar-refractivity contribution in [2.24, 2.45) is 0 Å². The van der Waals surface area contributed by atoms with E-state index in [-0.39, 0.29) is 22.6 Å². The fourth-order valence-electron chi connectivity index (χ4n) is 1.12. The summed E-state index contributed by atoms with van der Waals surface area (Å²) in [5.74, 6) is -1.57. The molecule has 0 aliphatic carbocycles. The lowest BCUT2D eigenvalue weighted by Crippen LogP contribution is -2.29. The van der Waals surface area contributed by atoms with E-state index in [1.54, 1.807) is 0 Å². The van der Waals surface area contributed by atoms with Gasteiger partial charge in [-0.25, -0.2) is 4.98 Å². The van der Waals surface area contributed by atoms with Gasteiger partial charge in [0.15, 0.2) is 5.16 Å². The van der Waals surface area contributed by atoms with E-state index in [1.165, 1.54) is 6.92 Å². The summed E-state index contributed by atoms with van der Waals surface area (Å²) in [5.41, 5.74) is -0.321. The lowest BCUT2D eigenvalue weighted by atomic mass is 10.3. The van der Waals surface area contributed by atoms with Crippen LogP contribution in [0.15, 0.2) is 16.0 Å². The van der Waals surface area contributed by atoms with Gasteiger partial charge in [0, 0.05) is 11.8 Å². The largest absolute Gasteiger partial charge is 0.481 e. The van der Waals surface area contributed by atoms with E-state index in [4.69, 9.17) is 5.11 Å². The smallest absolute Gasteiger partial charge is 0.401 e. The van der Waals surface area contributed by atoms with Crippen molar-refractivity contribution in [1.29, 1.82) is 0 Å². The highest BCUT2D eigenvalue weighted by Gasteiger charge is 2.42. The van der Waals surface area contributed by atoms with Gasteiger partial charge in [-0.05, 0) is 6.92 Å². The first-order valence-electron chi connectivity index (χ1n) is 4.71. The van der Waals surface area contributed by atoms with E-state index in [0.717, 1.165) is 6.07 Å². The van der Waals surface area contributed by atoms with Crippen LogP contribution < -0.4 is 5.56 Å². The number of rotatable bonds is 4. The summed E-state index contributed by atoms with van der Waals surface area (Å²) in [7, 11) is 0. The molecular weight excluding hydrogens is 273 g/mol. The van der Waals surface area contributed by atoms with Crippen molar-refractivity contribution in [1.82, 2.24) is 9.97 Å². The SMILES string of the molecule is Cc1cc(=O)[nH]c(SC(CC(=O)O)C(F)(F)F)n1. The molecule has 1 atom stereocenters. The Kier molecular flexibility index (Phi) is 4.38. The fourth-order valence-corrected chi connectivity index (χ4v) is 2.11. The number of carboxylic acids is 1. The summed E-state index contributed by atoms with van der Waals surface area (Å²) >= 11 is 0.180. The fraction of sp³-hybridized carbons (Fsp3) is 0.444. The minimum absolute atomic E-state index is 0.180. The normalized spacial score (nSPS) is 13.3. The quantitative estimate of drug-likeness (QED) is 0.647. The molecule has 2 N–H and O–H groups in total. The molecule has 0 saturated heterocycles. The van der Waals surface area contributed by atoms with Gasteiger partial charge in [0.25, 0.3) is 5.56 Å². The minimum atomic E-state index is -4.69. The molecule has 18 heavy (non-hydrogen) atoms. The van der Waals surface area contributed by atoms with Crippen LogP contribution in [0.4, 0.5) is 13.2 Å². The number of nitrogens with one attached hydrogen (secondary N) is 1. The molecule has 0 fully saturated rings. The Balaban J connectivity index is 2.95. The Morgan fingerprint density at radius 3 is 2.67 bits per heavy atom. The predicted molar refractivity (Wildman–Crippen MR) is 57.5 cm³/mol. The number of carboxylic acid groups (broad SMARTS) is 1. The molecule has 0 bridgehead atoms. The number of nitrogens with zero attached hydrogens (tertiary/aromatic N) is 1. The number of halogens is 3. The molecule has 0 amide bonds. The maximum absolute atomic E-state index is 12.6. The lowest BCUT2D eigenvalue weighted by molar-refractivity contribution is -0.149. The highest BCUT2D eigenvalue weighted by atomic mass is 32.2. The van der Waals surface area contributed by atoms with Crippen LogP contribution in [-0.4, -0.2) is 32.5 Å². The number of aliphatic carboxylic acids is 1. The Hall–Kier alpha value is -1.51. The highest BCUT2D eigenvalue weighted by Crippen LogP contribution is 2.35. The number of carbonyl (C=O) groups is 1. The molecule has 0 aromatic carbocycles. The summed E-state index contributed by atoms with van der Waals surface area (Å²) in [6.07, 6.45) is -5.78. The molecule has 0 radical (unpaired) electrons. The molecule has 100 valence electrons. The average molecular weight is 282 g/mol. The van der Waals surface area contributed by atoms with Crippen LogP contribution in [0.3, 0.4) is 0 Å². The monoisotopic (exact) mass is 282 g/mol. The van der Waals surface area contributed by atoms with Gasteiger partial charge in [0.05, 0.1) is 6.42 Å². The molecule has 1 aromatic heterocycles. The van der Waals surface area contributed by atoms with Gasteiger partial charge in [-0.3, -0.25) is 9.59 Å². The Bertz CT molecular complexity index is 501. The first-order valence-corrected chi connectivity index (χ1v) is 5.59. The number of thioether (sulfide) groups is 1. The predicted octanol–water partition coefficient (Wildman–Crippen LogP) is 1.58. The number of H-pyrrole nitrogens is 1. The van der Waals surface area contributed by atoms with E-state index in [1.807, 2.05) is 0 Å². The van der Waals surface area contributed by atoms with Gasteiger partial charge >= 0.3 is 12.1 Å². The van der Waals surface area contributed by atoms with Gasteiger partial charge < -0.3 is 10.1 Å². The van der Waals surface area contributed by atoms with E-state index < -0.39 is 29.4 Å². The summed E-state index contributed by atoms with van der Waals surface area (Å²) in [6, 6.07) is 1.13. The first-order chi connectivity index (χ1) is 8.18. The van der Waals surface area contributed by atoms with Crippen molar-refractivity contribution < 1.29 is 23.1 Å². The second-order valence-electron chi connectivity index (χ2n) is 3.44. The van der Waals surface area contributed by atoms with Crippen molar-refractivity contribution in [3.8, 4) is 0 Å². The van der Waals surface area contributed by atoms with E-state index in [2.05, 4.69) is 9.97 Å². The van der Waals surface area contributed by atoms with Gasteiger partial charge in [-0.1, -0.05) is 11.8 Å². The number of hydrogen-bond donors (Lipinski definition) is 2. The molecule has 1 unspecified atom stereocenters. The van der Waals surface area contributed by atoms with Crippen molar-refractivity contribution >= 4 is 17.7 Å². The second-order valence-corrected chi connectivity index (χ2v) is 4.63. The second kappa shape index (κ2) is 5.42. The Morgan fingerprint density at radius 2 is 2.22 bits per heavy atom. The summed E-state index contributed by atoms with van der Waals surface area (Å²) in [6.45, 7) is 1.46. The van der Waals surface area contributed by atoms with E-state index in [9.17, 15) is 22.8 Å². The third-order valence-corrected chi connectivity index (χ3v) is 2.96. The standard InChI is InChI=1S/C9H9F3N2O3S/c1-4-2-6(15)14-8(13-4)18-5(3-7(16)17)9(10,11)12/h2,5H,3H2,1H3,(H,16,17)(H,13,14,15). The molecule has 0 aliphatic rings. The molecule has 1 rings (SSSR count). The Morgan fingerprint density at radius 1 is 1.61 bits per heavy atom. The summed E-state index contributed by atoms with van der Waals surface area (Å²) < 4.78 is 37.7. The Labute approximate surface area is 103 Å². The number of aromatic amines is 1. The van der Waals surface area contributed by atoms with Crippen LogP contribution in [0.5, 0.6) is 0 Å². The molecule has 1 heterocycles. The molecule has 1 aromatic rings. The molecule has 0 saturated carbocycles. The average Bonchev–Trinajstić information content (AvgIpc) is 2.12. The zero-order chi connectivity index (χ0) is 13.9. The number of alkyl halides is 3. The van der Waals surface area contributed by atoms with Gasteiger partial charge in [0.1, 0.15) is 5.25 Å². The third-order valence-electron chi connectivity index (χ3n) is 1.83. The van der Waals surface area contributed by atoms with Crippen LogP contribution in [-0.2, 0) is 4.79 Å². The van der Waals surface area contributed by atoms with Crippen molar-refractivity contribution in [3.05, 3.63) is 22.1 Å². The maximum Gasteiger partial charge on any atom is 0.401 e. The zero-order valence-corrected chi connectivity index (χ0v) is 9.93. The van der Waals surface area contributed by atoms with Crippen molar-refractivity contribution in [2.45, 2.75) is 29.9 Å². The molecular formula is C9H9F3N2O3S. The van der Waals surface area contributed by atoms with E-state index >= 15 is 0 Å². The maximum atomic E-state index is 12.6. The van der Waals surface area contributed by atoms with Gasteiger partial charge in [0.2, 0.25) is 0 Å². The van der Waals surface area contributed by atoms with E-state index in [0.29, 0.717) is 0 Å². The van der Waals surface area contributed by atoms with Crippen LogP contribution in [0.1, 0.15) is 12.1 Å². The van der Waals surface area contributed by atoms with Crippen LogP contribution >= 0.6 is 11.8 Å². The number of aryl methyl sites for hydroxylation is 1. The molecule has 9 heteroatoms. The topological polar surface area (TPSA) is 83.0 Å². The van der Waals surface area contributed by atoms with Crippen molar-refractivity contribution in [2.75, 3.05) is 0 Å². The zero-order valence-electron chi connectivity index (χ0n) is 9.11. The number of hydrogen-bond acceptors (Lipinski definition) is 4. The molecule has 0 spiro atoms. The number of aromatic nitrogens is 2. The van der Waals surface area contributed by atoms with Gasteiger partial charge in [-0.15, -0.1) is 0 Å². The van der Waals surface area contributed by atoms with Gasteiger partial charge in [-0.2, -0.15) is 13.2 Å². The van der Waals surface area contributed by atoms with Crippen molar-refractivity contribution in [3.63, 3.8) is 0 Å². The molecule has 0 aliphatic heterocycles. The third kappa shape index (κ3) is 4.40. The summed E-state index contributed by atoms with van der Waals surface area (Å²) in [5, 5.41) is 6.03. The minimum Gasteiger partial charge on any atom is -0.481 e. The van der Waals surface area contributed by atoms with Crippen LogP contribution in [0.25, 0.3) is 0 Å². The van der Waals surface area contributed by atoms with Crippen LogP contribution in [0, 0.1) is 6.92 Å². The molecule has 5 nitrogen and oxygen atoms in total.